The molecule has 0 unspecified atom stereocenters. The molecule has 1 aromatic carbocycles. The van der Waals surface area contributed by atoms with Crippen LogP contribution in [0.4, 0.5) is 0 Å². The average molecular weight is 376 g/mol. The van der Waals surface area contributed by atoms with Crippen LogP contribution in [0.3, 0.4) is 0 Å². The second-order valence-corrected chi connectivity index (χ2v) is 7.23. The first-order valence-corrected chi connectivity index (χ1v) is 9.81. The maximum atomic E-state index is 12.2. The number of benzene rings is 1. The molecule has 0 bridgehead atoms. The summed E-state index contributed by atoms with van der Waals surface area (Å²) in [7, 11) is 0. The van der Waals surface area contributed by atoms with Crippen LogP contribution in [0.15, 0.2) is 54.9 Å². The zero-order valence-corrected chi connectivity index (χ0v) is 15.7. The number of hydrogen-bond donors (Lipinski definition) is 1. The topological polar surface area (TPSA) is 85.6 Å². The number of carbonyl (C=O) groups excluding carboxylic acids is 1. The smallest absolute Gasteiger partial charge is 0.220 e. The lowest BCUT2D eigenvalue weighted by molar-refractivity contribution is -0.122. The minimum absolute atomic E-state index is 0.116. The summed E-state index contributed by atoms with van der Waals surface area (Å²) in [6, 6.07) is 14.3. The molecule has 1 saturated carbocycles. The van der Waals surface area contributed by atoms with Crippen molar-refractivity contribution in [2.75, 3.05) is 0 Å². The van der Waals surface area contributed by atoms with E-state index >= 15 is 0 Å². The predicted octanol–water partition coefficient (Wildman–Crippen LogP) is 2.97. The molecule has 1 amide bonds. The summed E-state index contributed by atoms with van der Waals surface area (Å²) in [4.78, 5) is 18.0. The van der Waals surface area contributed by atoms with Gasteiger partial charge in [-0.25, -0.2) is 0 Å². The maximum Gasteiger partial charge on any atom is 0.220 e. The van der Waals surface area contributed by atoms with Crippen LogP contribution in [0.5, 0.6) is 0 Å². The van der Waals surface area contributed by atoms with E-state index in [1.165, 1.54) is 0 Å². The van der Waals surface area contributed by atoms with Gasteiger partial charge in [0.25, 0.3) is 0 Å². The number of carbonyl (C=O) groups is 1. The Morgan fingerprint density at radius 3 is 2.54 bits per heavy atom. The van der Waals surface area contributed by atoms with Crippen LogP contribution in [-0.4, -0.2) is 37.1 Å². The largest absolute Gasteiger partial charge is 0.353 e. The van der Waals surface area contributed by atoms with Gasteiger partial charge in [-0.3, -0.25) is 9.78 Å². The Labute approximate surface area is 164 Å². The number of hydrogen-bond acceptors (Lipinski definition) is 5. The van der Waals surface area contributed by atoms with Gasteiger partial charge in [-0.05, 0) is 55.0 Å². The van der Waals surface area contributed by atoms with Crippen molar-refractivity contribution in [3.8, 4) is 11.4 Å². The highest BCUT2D eigenvalue weighted by Crippen LogP contribution is 2.28. The van der Waals surface area contributed by atoms with Gasteiger partial charge in [0.05, 0.1) is 6.04 Å². The number of tetrazole rings is 1. The summed E-state index contributed by atoms with van der Waals surface area (Å²) < 4.78 is 0. The van der Waals surface area contributed by atoms with Crippen LogP contribution in [-0.2, 0) is 11.2 Å². The van der Waals surface area contributed by atoms with Gasteiger partial charge >= 0.3 is 0 Å². The van der Waals surface area contributed by atoms with Crippen molar-refractivity contribution in [1.29, 1.82) is 0 Å². The first-order valence-electron chi connectivity index (χ1n) is 9.81. The zero-order chi connectivity index (χ0) is 19.2. The molecule has 1 aliphatic carbocycles. The van der Waals surface area contributed by atoms with Crippen LogP contribution in [0.2, 0.25) is 0 Å². The number of nitrogens with zero attached hydrogens (tertiary/aromatic N) is 5. The number of rotatable bonds is 6. The molecular weight excluding hydrogens is 352 g/mol. The van der Waals surface area contributed by atoms with Gasteiger partial charge in [0.1, 0.15) is 0 Å². The molecule has 0 aliphatic heterocycles. The van der Waals surface area contributed by atoms with Gasteiger partial charge in [0.15, 0.2) is 0 Å². The molecule has 7 heteroatoms. The van der Waals surface area contributed by atoms with E-state index < -0.39 is 0 Å². The molecule has 1 N–H and O–H groups in total. The third-order valence-electron chi connectivity index (χ3n) is 5.24. The molecule has 1 aliphatic rings. The third-order valence-corrected chi connectivity index (χ3v) is 5.24. The van der Waals surface area contributed by atoms with Crippen molar-refractivity contribution in [3.63, 3.8) is 0 Å². The van der Waals surface area contributed by atoms with Gasteiger partial charge in [-0.2, -0.15) is 4.80 Å². The second kappa shape index (κ2) is 8.73. The lowest BCUT2D eigenvalue weighted by atomic mass is 9.91. The molecule has 28 heavy (non-hydrogen) atoms. The molecule has 0 spiro atoms. The predicted molar refractivity (Wildman–Crippen MR) is 105 cm³/mol. The summed E-state index contributed by atoms with van der Waals surface area (Å²) in [5.74, 6) is 0.776. The fourth-order valence-electron chi connectivity index (χ4n) is 3.64. The maximum absolute atomic E-state index is 12.2. The summed E-state index contributed by atoms with van der Waals surface area (Å²) >= 11 is 0. The highest BCUT2D eigenvalue weighted by Gasteiger charge is 2.25. The quantitative estimate of drug-likeness (QED) is 0.715. The number of amides is 1. The Bertz CT molecular complexity index is 888. The van der Waals surface area contributed by atoms with Crippen molar-refractivity contribution < 1.29 is 4.79 Å². The highest BCUT2D eigenvalue weighted by molar-refractivity contribution is 5.76. The monoisotopic (exact) mass is 376 g/mol. The summed E-state index contributed by atoms with van der Waals surface area (Å²) in [5.41, 5.74) is 2.12. The van der Waals surface area contributed by atoms with Gasteiger partial charge < -0.3 is 5.32 Å². The molecule has 2 heterocycles. The van der Waals surface area contributed by atoms with Crippen molar-refractivity contribution in [1.82, 2.24) is 30.5 Å². The van der Waals surface area contributed by atoms with Crippen LogP contribution in [0, 0.1) is 0 Å². The van der Waals surface area contributed by atoms with Crippen LogP contribution in [0.25, 0.3) is 11.4 Å². The molecule has 144 valence electrons. The van der Waals surface area contributed by atoms with Gasteiger partial charge in [-0.15, -0.1) is 10.2 Å². The molecular formula is C21H24N6O. The Morgan fingerprint density at radius 1 is 1.04 bits per heavy atom. The van der Waals surface area contributed by atoms with Crippen LogP contribution in [0.1, 0.15) is 43.7 Å². The van der Waals surface area contributed by atoms with Gasteiger partial charge in [-0.1, -0.05) is 30.3 Å². The zero-order valence-electron chi connectivity index (χ0n) is 15.7. The van der Waals surface area contributed by atoms with Crippen LogP contribution >= 0.6 is 0 Å². The van der Waals surface area contributed by atoms with E-state index in [1.54, 1.807) is 17.2 Å². The number of aryl methyl sites for hydroxylation is 1. The number of nitrogens with one attached hydrogen (secondary N) is 1. The molecule has 0 atom stereocenters. The second-order valence-electron chi connectivity index (χ2n) is 7.23. The Morgan fingerprint density at radius 2 is 1.79 bits per heavy atom. The summed E-state index contributed by atoms with van der Waals surface area (Å²) in [6.07, 6.45) is 8.54. The summed E-state index contributed by atoms with van der Waals surface area (Å²) in [6.45, 7) is 0. The normalized spacial score (nSPS) is 19.3. The molecule has 1 fully saturated rings. The molecule has 3 aromatic rings. The van der Waals surface area contributed by atoms with E-state index in [1.807, 2.05) is 42.5 Å². The van der Waals surface area contributed by atoms with E-state index in [9.17, 15) is 4.79 Å². The summed E-state index contributed by atoms with van der Waals surface area (Å²) in [5, 5.41) is 16.2. The van der Waals surface area contributed by atoms with Gasteiger partial charge in [0.2, 0.25) is 11.7 Å². The lowest BCUT2D eigenvalue weighted by Gasteiger charge is -2.28. The first-order chi connectivity index (χ1) is 13.8. The molecule has 4 rings (SSSR count). The van der Waals surface area contributed by atoms with Crippen LogP contribution < -0.4 is 5.32 Å². The van der Waals surface area contributed by atoms with E-state index in [2.05, 4.69) is 25.7 Å². The molecule has 2 aromatic heterocycles. The van der Waals surface area contributed by atoms with E-state index in [-0.39, 0.29) is 18.0 Å². The third kappa shape index (κ3) is 4.60. The molecule has 7 nitrogen and oxygen atoms in total. The lowest BCUT2D eigenvalue weighted by Crippen LogP contribution is -2.38. The Hall–Kier alpha value is -3.09. The number of pyridine rings is 1. The minimum Gasteiger partial charge on any atom is -0.353 e. The van der Waals surface area contributed by atoms with Crippen molar-refractivity contribution in [2.24, 2.45) is 0 Å². The van der Waals surface area contributed by atoms with E-state index in [0.29, 0.717) is 12.2 Å². The van der Waals surface area contributed by atoms with Crippen molar-refractivity contribution >= 4 is 5.91 Å². The first kappa shape index (κ1) is 18.3. The van der Waals surface area contributed by atoms with Crippen molar-refractivity contribution in [2.45, 2.75) is 50.6 Å². The van der Waals surface area contributed by atoms with E-state index in [4.69, 9.17) is 0 Å². The van der Waals surface area contributed by atoms with E-state index in [0.717, 1.165) is 43.2 Å². The molecule has 0 radical (unpaired) electrons. The standard InChI is InChI=1S/C21H24N6O/c28-20(11-6-16-12-14-22-15-13-16)23-18-7-9-19(10-8-18)27-25-21(24-26-27)17-4-2-1-3-5-17/h1-5,12-15,18-19H,6-11H2,(H,23,28). The molecule has 0 saturated heterocycles. The fraction of sp³-hybridized carbons (Fsp3) is 0.381. The number of aromatic nitrogens is 5. The van der Waals surface area contributed by atoms with Crippen molar-refractivity contribution in [3.05, 3.63) is 60.4 Å². The Kier molecular flexibility index (Phi) is 5.70. The highest BCUT2D eigenvalue weighted by atomic mass is 16.1. The van der Waals surface area contributed by atoms with Gasteiger partial charge in [0, 0.05) is 30.4 Å². The Balaban J connectivity index is 1.24. The average Bonchev–Trinajstić information content (AvgIpc) is 3.25. The SMILES string of the molecule is O=C(CCc1ccncc1)NC1CCC(n2nnc(-c3ccccc3)n2)CC1. The fourth-order valence-corrected chi connectivity index (χ4v) is 3.64. The minimum atomic E-state index is 0.116.